The second-order valence-corrected chi connectivity index (χ2v) is 3.08. The van der Waals surface area contributed by atoms with Crippen LogP contribution in [0.1, 0.15) is 20.7 Å². The van der Waals surface area contributed by atoms with Gasteiger partial charge < -0.3 is 14.6 Å². The van der Waals surface area contributed by atoms with Crippen molar-refractivity contribution in [2.24, 2.45) is 0 Å². The third kappa shape index (κ3) is 2.58. The van der Waals surface area contributed by atoms with E-state index in [4.69, 9.17) is 14.6 Å². The molecular weight excluding hydrogens is 212 g/mol. The SMILES string of the molecule is COCC(=O)c1cc(C(=O)O)ccc1OC. The Morgan fingerprint density at radius 3 is 2.50 bits per heavy atom. The third-order valence-corrected chi connectivity index (χ3v) is 2.02. The number of ether oxygens (including phenoxy) is 2. The standard InChI is InChI=1S/C11H12O5/c1-15-6-9(12)8-5-7(11(13)14)3-4-10(8)16-2/h3-5H,6H2,1-2H3,(H,13,14). The number of carboxylic acids is 1. The molecule has 0 radical (unpaired) electrons. The monoisotopic (exact) mass is 224 g/mol. The molecule has 0 saturated heterocycles. The molecule has 1 aromatic rings. The maximum atomic E-state index is 11.6. The zero-order chi connectivity index (χ0) is 12.1. The van der Waals surface area contributed by atoms with Crippen molar-refractivity contribution >= 4 is 11.8 Å². The van der Waals surface area contributed by atoms with Crippen LogP contribution < -0.4 is 4.74 Å². The predicted octanol–water partition coefficient (Wildman–Crippen LogP) is 1.22. The predicted molar refractivity (Wildman–Crippen MR) is 56.2 cm³/mol. The molecule has 0 amide bonds. The van der Waals surface area contributed by atoms with Crippen molar-refractivity contribution in [2.45, 2.75) is 0 Å². The molecule has 5 heteroatoms. The second kappa shape index (κ2) is 5.27. The Morgan fingerprint density at radius 2 is 2.00 bits per heavy atom. The van der Waals surface area contributed by atoms with Crippen LogP contribution in [0.25, 0.3) is 0 Å². The van der Waals surface area contributed by atoms with Gasteiger partial charge in [0, 0.05) is 7.11 Å². The summed E-state index contributed by atoms with van der Waals surface area (Å²) in [7, 11) is 2.81. The number of carboxylic acid groups (broad SMARTS) is 1. The largest absolute Gasteiger partial charge is 0.496 e. The van der Waals surface area contributed by atoms with Crippen molar-refractivity contribution in [1.82, 2.24) is 0 Å². The number of aromatic carboxylic acids is 1. The van der Waals surface area contributed by atoms with Gasteiger partial charge in [0.15, 0.2) is 5.78 Å². The number of carbonyl (C=O) groups excluding carboxylic acids is 1. The van der Waals surface area contributed by atoms with Crippen molar-refractivity contribution in [3.8, 4) is 5.75 Å². The number of hydrogen-bond acceptors (Lipinski definition) is 4. The van der Waals surface area contributed by atoms with E-state index in [1.165, 1.54) is 32.4 Å². The summed E-state index contributed by atoms with van der Waals surface area (Å²) < 4.78 is 9.68. The number of benzene rings is 1. The lowest BCUT2D eigenvalue weighted by Crippen LogP contribution is -2.10. The smallest absolute Gasteiger partial charge is 0.335 e. The number of Topliss-reactive ketones (excluding diaryl/α,β-unsaturated/α-hetero) is 1. The zero-order valence-electron chi connectivity index (χ0n) is 9.02. The van der Waals surface area contributed by atoms with Crippen molar-refractivity contribution in [3.05, 3.63) is 29.3 Å². The average Bonchev–Trinajstić information content (AvgIpc) is 2.28. The first kappa shape index (κ1) is 12.2. The Morgan fingerprint density at radius 1 is 1.31 bits per heavy atom. The summed E-state index contributed by atoms with van der Waals surface area (Å²) in [4.78, 5) is 22.4. The molecule has 5 nitrogen and oxygen atoms in total. The van der Waals surface area contributed by atoms with Crippen LogP contribution in [0, 0.1) is 0 Å². The van der Waals surface area contributed by atoms with E-state index >= 15 is 0 Å². The van der Waals surface area contributed by atoms with Crippen LogP contribution >= 0.6 is 0 Å². The van der Waals surface area contributed by atoms with E-state index < -0.39 is 5.97 Å². The lowest BCUT2D eigenvalue weighted by atomic mass is 10.1. The first-order chi connectivity index (χ1) is 7.60. The molecule has 0 unspecified atom stereocenters. The van der Waals surface area contributed by atoms with E-state index in [1.54, 1.807) is 0 Å². The molecule has 0 aliphatic heterocycles. The highest BCUT2D eigenvalue weighted by atomic mass is 16.5. The minimum atomic E-state index is -1.09. The minimum absolute atomic E-state index is 0.0419. The topological polar surface area (TPSA) is 72.8 Å². The van der Waals surface area contributed by atoms with E-state index in [-0.39, 0.29) is 23.5 Å². The molecule has 0 fully saturated rings. The van der Waals surface area contributed by atoms with Crippen LogP contribution in [-0.4, -0.2) is 37.7 Å². The van der Waals surface area contributed by atoms with Crippen LogP contribution in [0.3, 0.4) is 0 Å². The molecule has 1 rings (SSSR count). The fraction of sp³-hybridized carbons (Fsp3) is 0.273. The molecule has 0 heterocycles. The van der Waals surface area contributed by atoms with Crippen molar-refractivity contribution in [1.29, 1.82) is 0 Å². The molecule has 0 aliphatic carbocycles. The normalized spacial score (nSPS) is 9.88. The first-order valence-corrected chi connectivity index (χ1v) is 4.53. The Kier molecular flexibility index (Phi) is 4.02. The van der Waals surface area contributed by atoms with Gasteiger partial charge in [0.05, 0.1) is 18.2 Å². The van der Waals surface area contributed by atoms with E-state index in [0.29, 0.717) is 5.75 Å². The molecule has 0 spiro atoms. The first-order valence-electron chi connectivity index (χ1n) is 4.53. The van der Waals surface area contributed by atoms with Gasteiger partial charge in [0.2, 0.25) is 0 Å². The fourth-order valence-corrected chi connectivity index (χ4v) is 1.27. The van der Waals surface area contributed by atoms with Gasteiger partial charge in [-0.05, 0) is 18.2 Å². The molecule has 0 saturated carbocycles. The second-order valence-electron chi connectivity index (χ2n) is 3.08. The Balaban J connectivity index is 3.16. The van der Waals surface area contributed by atoms with Crippen LogP contribution in [0.15, 0.2) is 18.2 Å². The lowest BCUT2D eigenvalue weighted by Gasteiger charge is -2.07. The van der Waals surface area contributed by atoms with Gasteiger partial charge in [0.25, 0.3) is 0 Å². The summed E-state index contributed by atoms with van der Waals surface area (Å²) in [6.07, 6.45) is 0. The Hall–Kier alpha value is -1.88. The molecule has 0 bridgehead atoms. The van der Waals surface area contributed by atoms with Gasteiger partial charge in [-0.1, -0.05) is 0 Å². The van der Waals surface area contributed by atoms with Gasteiger partial charge in [0.1, 0.15) is 12.4 Å². The lowest BCUT2D eigenvalue weighted by molar-refractivity contribution is 0.0697. The van der Waals surface area contributed by atoms with E-state index in [1.807, 2.05) is 0 Å². The molecule has 0 aromatic heterocycles. The molecule has 0 aliphatic rings. The van der Waals surface area contributed by atoms with Crippen LogP contribution in [-0.2, 0) is 4.74 Å². The van der Waals surface area contributed by atoms with Crippen LogP contribution in [0.2, 0.25) is 0 Å². The summed E-state index contributed by atoms with van der Waals surface area (Å²) >= 11 is 0. The maximum Gasteiger partial charge on any atom is 0.335 e. The molecule has 16 heavy (non-hydrogen) atoms. The van der Waals surface area contributed by atoms with Crippen molar-refractivity contribution in [3.63, 3.8) is 0 Å². The minimum Gasteiger partial charge on any atom is -0.496 e. The van der Waals surface area contributed by atoms with Crippen molar-refractivity contribution < 1.29 is 24.2 Å². The van der Waals surface area contributed by atoms with E-state index in [2.05, 4.69) is 0 Å². The molecular formula is C11H12O5. The number of carbonyl (C=O) groups is 2. The summed E-state index contributed by atoms with van der Waals surface area (Å²) in [5.41, 5.74) is 0.254. The highest BCUT2D eigenvalue weighted by Crippen LogP contribution is 2.20. The number of methoxy groups -OCH3 is 2. The molecule has 1 aromatic carbocycles. The number of ketones is 1. The molecule has 0 atom stereocenters. The zero-order valence-corrected chi connectivity index (χ0v) is 9.02. The quantitative estimate of drug-likeness (QED) is 0.761. The van der Waals surface area contributed by atoms with Gasteiger partial charge in [-0.25, -0.2) is 4.79 Å². The van der Waals surface area contributed by atoms with Gasteiger partial charge in [-0.3, -0.25) is 4.79 Å². The summed E-state index contributed by atoms with van der Waals surface area (Å²) in [5, 5.41) is 8.80. The average molecular weight is 224 g/mol. The summed E-state index contributed by atoms with van der Waals surface area (Å²) in [6, 6.07) is 4.11. The Bertz CT molecular complexity index is 411. The molecule has 1 N–H and O–H groups in total. The summed E-state index contributed by atoms with van der Waals surface area (Å²) in [5.74, 6) is -1.07. The summed E-state index contributed by atoms with van der Waals surface area (Å²) in [6.45, 7) is -0.112. The van der Waals surface area contributed by atoms with Crippen molar-refractivity contribution in [2.75, 3.05) is 20.8 Å². The maximum absolute atomic E-state index is 11.6. The van der Waals surface area contributed by atoms with Crippen LogP contribution in [0.4, 0.5) is 0 Å². The van der Waals surface area contributed by atoms with Gasteiger partial charge in [-0.15, -0.1) is 0 Å². The van der Waals surface area contributed by atoms with Crippen LogP contribution in [0.5, 0.6) is 5.75 Å². The number of rotatable bonds is 5. The van der Waals surface area contributed by atoms with E-state index in [0.717, 1.165) is 0 Å². The fourth-order valence-electron chi connectivity index (χ4n) is 1.27. The Labute approximate surface area is 92.6 Å². The highest BCUT2D eigenvalue weighted by molar-refractivity contribution is 6.01. The van der Waals surface area contributed by atoms with Gasteiger partial charge >= 0.3 is 5.97 Å². The number of hydrogen-bond donors (Lipinski definition) is 1. The highest BCUT2D eigenvalue weighted by Gasteiger charge is 2.15. The molecule has 86 valence electrons. The van der Waals surface area contributed by atoms with E-state index in [9.17, 15) is 9.59 Å². The third-order valence-electron chi connectivity index (χ3n) is 2.02. The van der Waals surface area contributed by atoms with Gasteiger partial charge in [-0.2, -0.15) is 0 Å².